The molecule has 0 amide bonds. The van der Waals surface area contributed by atoms with Crippen molar-refractivity contribution in [3.05, 3.63) is 29.3 Å². The molecule has 126 valence electrons. The molecule has 3 atom stereocenters. The first-order valence-corrected chi connectivity index (χ1v) is 9.17. The second-order valence-electron chi connectivity index (χ2n) is 7.70. The van der Waals surface area contributed by atoms with Gasteiger partial charge in [-0.05, 0) is 61.1 Å². The summed E-state index contributed by atoms with van der Waals surface area (Å²) in [6.45, 7) is 1.15. The van der Waals surface area contributed by atoms with Crippen molar-refractivity contribution in [2.45, 2.75) is 38.5 Å². The highest BCUT2D eigenvalue weighted by Gasteiger charge is 2.39. The Morgan fingerprint density at radius 1 is 1.21 bits per heavy atom. The van der Waals surface area contributed by atoms with E-state index in [-0.39, 0.29) is 12.6 Å². The number of hydrogen-bond acceptors (Lipinski definition) is 4. The molecule has 2 heterocycles. The third-order valence-electron chi connectivity index (χ3n) is 6.25. The minimum absolute atomic E-state index is 0.264. The number of benzene rings is 1. The van der Waals surface area contributed by atoms with Crippen LogP contribution >= 0.6 is 0 Å². The van der Waals surface area contributed by atoms with E-state index in [1.807, 2.05) is 12.1 Å². The molecule has 5 rings (SSSR count). The summed E-state index contributed by atoms with van der Waals surface area (Å²) in [7, 11) is 0. The van der Waals surface area contributed by atoms with E-state index in [1.54, 1.807) is 0 Å². The molecular formula is C20H23NO3. The van der Waals surface area contributed by atoms with Gasteiger partial charge in [-0.25, -0.2) is 0 Å². The van der Waals surface area contributed by atoms with Crippen LogP contribution in [0.1, 0.15) is 43.2 Å². The molecule has 4 aliphatic rings. The van der Waals surface area contributed by atoms with Crippen molar-refractivity contribution < 1.29 is 14.3 Å². The summed E-state index contributed by atoms with van der Waals surface area (Å²) >= 11 is 0. The van der Waals surface area contributed by atoms with Gasteiger partial charge in [0.1, 0.15) is 0 Å². The first kappa shape index (κ1) is 14.4. The highest BCUT2D eigenvalue weighted by Crippen LogP contribution is 2.49. The molecule has 24 heavy (non-hydrogen) atoms. The van der Waals surface area contributed by atoms with Crippen LogP contribution in [0.3, 0.4) is 0 Å². The number of carbonyl (C=O) groups is 1. The molecule has 2 fully saturated rings. The molecule has 0 radical (unpaired) electrons. The molecular weight excluding hydrogens is 302 g/mol. The molecule has 0 unspecified atom stereocenters. The van der Waals surface area contributed by atoms with Gasteiger partial charge < -0.3 is 14.8 Å². The van der Waals surface area contributed by atoms with Crippen molar-refractivity contribution in [3.63, 3.8) is 0 Å². The van der Waals surface area contributed by atoms with E-state index in [0.717, 1.165) is 47.6 Å². The normalized spacial score (nSPS) is 31.2. The van der Waals surface area contributed by atoms with Gasteiger partial charge in [-0.15, -0.1) is 0 Å². The van der Waals surface area contributed by atoms with Crippen LogP contribution in [0.5, 0.6) is 11.5 Å². The molecule has 2 saturated carbocycles. The Hall–Kier alpha value is -1.97. The topological polar surface area (TPSA) is 47.6 Å². The minimum Gasteiger partial charge on any atom is -0.454 e. The molecule has 0 aromatic heterocycles. The molecule has 2 aliphatic heterocycles. The van der Waals surface area contributed by atoms with Crippen LogP contribution in [0.15, 0.2) is 18.2 Å². The van der Waals surface area contributed by atoms with Crippen LogP contribution in [0, 0.1) is 17.8 Å². The zero-order valence-corrected chi connectivity index (χ0v) is 13.8. The number of hydrogen-bond donors (Lipinski definition) is 1. The van der Waals surface area contributed by atoms with E-state index < -0.39 is 0 Å². The first-order valence-electron chi connectivity index (χ1n) is 9.17. The average Bonchev–Trinajstić information content (AvgIpc) is 3.29. The fraction of sp³-hybridized carbons (Fsp3) is 0.550. The van der Waals surface area contributed by atoms with Crippen molar-refractivity contribution in [1.29, 1.82) is 0 Å². The maximum absolute atomic E-state index is 12.6. The summed E-state index contributed by atoms with van der Waals surface area (Å²) < 4.78 is 11.0. The summed E-state index contributed by atoms with van der Waals surface area (Å²) in [4.78, 5) is 12.6. The number of carbonyl (C=O) groups excluding carboxylic acids is 1. The highest BCUT2D eigenvalue weighted by atomic mass is 16.7. The molecule has 4 nitrogen and oxygen atoms in total. The van der Waals surface area contributed by atoms with E-state index in [2.05, 4.69) is 11.4 Å². The lowest BCUT2D eigenvalue weighted by atomic mass is 9.85. The van der Waals surface area contributed by atoms with E-state index in [4.69, 9.17) is 9.47 Å². The lowest BCUT2D eigenvalue weighted by Gasteiger charge is -2.23. The molecule has 4 heteroatoms. The smallest absolute Gasteiger partial charge is 0.231 e. The monoisotopic (exact) mass is 325 g/mol. The average molecular weight is 325 g/mol. The van der Waals surface area contributed by atoms with E-state index >= 15 is 0 Å². The number of rotatable bonds is 3. The fourth-order valence-corrected chi connectivity index (χ4v) is 5.10. The molecule has 0 spiro atoms. The molecule has 2 aliphatic carbocycles. The molecule has 1 aromatic rings. The van der Waals surface area contributed by atoms with Crippen LogP contribution < -0.4 is 14.8 Å². The predicted molar refractivity (Wildman–Crippen MR) is 90.8 cm³/mol. The second kappa shape index (κ2) is 5.54. The largest absolute Gasteiger partial charge is 0.454 e. The van der Waals surface area contributed by atoms with Gasteiger partial charge in [0.2, 0.25) is 6.79 Å². The third kappa shape index (κ3) is 2.40. The highest BCUT2D eigenvalue weighted by molar-refractivity contribution is 5.97. The van der Waals surface area contributed by atoms with Gasteiger partial charge in [0, 0.05) is 30.3 Å². The van der Waals surface area contributed by atoms with Crippen molar-refractivity contribution in [3.8, 4) is 11.5 Å². The van der Waals surface area contributed by atoms with Crippen LogP contribution in [0.2, 0.25) is 0 Å². The fourth-order valence-electron chi connectivity index (χ4n) is 5.10. The van der Waals surface area contributed by atoms with Gasteiger partial charge in [0.25, 0.3) is 0 Å². The van der Waals surface area contributed by atoms with Crippen molar-refractivity contribution in [1.82, 2.24) is 5.32 Å². The van der Waals surface area contributed by atoms with Crippen molar-refractivity contribution in [2.75, 3.05) is 13.3 Å². The Morgan fingerprint density at radius 2 is 2.08 bits per heavy atom. The van der Waals surface area contributed by atoms with Gasteiger partial charge in [0.05, 0.1) is 0 Å². The molecule has 1 aromatic carbocycles. The van der Waals surface area contributed by atoms with Gasteiger partial charge in [-0.3, -0.25) is 4.79 Å². The Morgan fingerprint density at radius 3 is 2.88 bits per heavy atom. The van der Waals surface area contributed by atoms with Crippen LogP contribution in [0.4, 0.5) is 0 Å². The standard InChI is InChI=1S/C20H23NO3/c22-16(7-15-6-12-1-2-13(15)5-12)9-18-17-10-20-19(23-11-24-20)8-14(17)3-4-21-18/h8-10,12-13,15,21H,1-7,11H2/b18-9-/t12-,13-,15+/m1/s1. The number of ketones is 1. The Balaban J connectivity index is 1.37. The van der Waals surface area contributed by atoms with Gasteiger partial charge in [0.15, 0.2) is 17.3 Å². The zero-order valence-electron chi connectivity index (χ0n) is 13.8. The Labute approximate surface area is 142 Å². The number of ether oxygens (including phenoxy) is 2. The minimum atomic E-state index is 0.264. The van der Waals surface area contributed by atoms with E-state index in [0.29, 0.717) is 12.3 Å². The van der Waals surface area contributed by atoms with Crippen molar-refractivity contribution in [2.24, 2.45) is 17.8 Å². The predicted octanol–water partition coefficient (Wildman–Crippen LogP) is 3.30. The summed E-state index contributed by atoms with van der Waals surface area (Å²) in [5.41, 5.74) is 3.27. The maximum atomic E-state index is 12.6. The number of allylic oxidation sites excluding steroid dienone is 1. The molecule has 2 bridgehead atoms. The van der Waals surface area contributed by atoms with Crippen LogP contribution in [-0.2, 0) is 11.2 Å². The molecule has 1 N–H and O–H groups in total. The van der Waals surface area contributed by atoms with Crippen molar-refractivity contribution >= 4 is 11.5 Å². The maximum Gasteiger partial charge on any atom is 0.231 e. The van der Waals surface area contributed by atoms with Gasteiger partial charge >= 0.3 is 0 Å². The Bertz CT molecular complexity index is 724. The summed E-state index contributed by atoms with van der Waals surface area (Å²) in [6.07, 6.45) is 8.84. The third-order valence-corrected chi connectivity index (χ3v) is 6.25. The van der Waals surface area contributed by atoms with Gasteiger partial charge in [-0.2, -0.15) is 0 Å². The summed E-state index contributed by atoms with van der Waals surface area (Å²) in [5.74, 6) is 4.19. The number of nitrogens with one attached hydrogen (secondary N) is 1. The first-order chi connectivity index (χ1) is 11.8. The van der Waals surface area contributed by atoms with E-state index in [1.165, 1.54) is 31.2 Å². The van der Waals surface area contributed by atoms with Crippen LogP contribution in [-0.4, -0.2) is 19.1 Å². The van der Waals surface area contributed by atoms with E-state index in [9.17, 15) is 4.79 Å². The summed E-state index contributed by atoms with van der Waals surface area (Å²) in [5, 5.41) is 3.40. The number of fused-ring (bicyclic) bond motifs is 4. The lowest BCUT2D eigenvalue weighted by molar-refractivity contribution is -0.115. The summed E-state index contributed by atoms with van der Waals surface area (Å²) in [6, 6.07) is 4.08. The Kier molecular flexibility index (Phi) is 3.32. The SMILES string of the molecule is O=C(/C=C1\NCCc2cc3c(cc21)OCO3)C[C@@H]1C[C@@H]2CC[C@@H]1C2. The second-order valence-corrected chi connectivity index (χ2v) is 7.70. The zero-order chi connectivity index (χ0) is 16.1. The van der Waals surface area contributed by atoms with Gasteiger partial charge in [-0.1, -0.05) is 6.42 Å². The quantitative estimate of drug-likeness (QED) is 0.866. The molecule has 0 saturated heterocycles. The lowest BCUT2D eigenvalue weighted by Crippen LogP contribution is -2.24. The van der Waals surface area contributed by atoms with Crippen LogP contribution in [0.25, 0.3) is 5.70 Å².